The van der Waals surface area contributed by atoms with Gasteiger partial charge < -0.3 is 19.3 Å². The third-order valence-corrected chi connectivity index (χ3v) is 9.28. The van der Waals surface area contributed by atoms with Gasteiger partial charge in [-0.2, -0.15) is 0 Å². The summed E-state index contributed by atoms with van der Waals surface area (Å²) in [5.74, 6) is -0.101. The molecule has 28 heavy (non-hydrogen) atoms. The van der Waals surface area contributed by atoms with Crippen molar-refractivity contribution in [1.29, 1.82) is 0 Å². The normalized spacial score (nSPS) is 12.4. The van der Waals surface area contributed by atoms with Crippen LogP contribution in [0.5, 0.6) is 0 Å². The zero-order valence-electron chi connectivity index (χ0n) is 18.3. The van der Waals surface area contributed by atoms with Gasteiger partial charge in [0.2, 0.25) is 0 Å². The first kappa shape index (κ1) is 24.0. The van der Waals surface area contributed by atoms with Gasteiger partial charge in [-0.3, -0.25) is 0 Å². The second-order valence-corrected chi connectivity index (χ2v) is 14.4. The quantitative estimate of drug-likeness (QED) is 0.535. The molecule has 2 rings (SSSR count). The van der Waals surface area contributed by atoms with Crippen molar-refractivity contribution in [2.24, 2.45) is 5.41 Å². The van der Waals surface area contributed by atoms with E-state index >= 15 is 0 Å². The van der Waals surface area contributed by atoms with Crippen molar-refractivity contribution in [2.75, 3.05) is 6.61 Å². The van der Waals surface area contributed by atoms with Crippen molar-refractivity contribution >= 4 is 31.6 Å². The van der Waals surface area contributed by atoms with Gasteiger partial charge in [0.15, 0.2) is 8.32 Å². The largest absolute Gasteiger partial charge is 0.478 e. The molecule has 0 atom stereocenters. The van der Waals surface area contributed by atoms with Crippen LogP contribution in [-0.2, 0) is 15.6 Å². The van der Waals surface area contributed by atoms with Gasteiger partial charge in [0, 0.05) is 18.4 Å². The van der Waals surface area contributed by atoms with E-state index < -0.39 is 14.3 Å². The van der Waals surface area contributed by atoms with Crippen LogP contribution in [0.3, 0.4) is 0 Å². The lowest BCUT2D eigenvalue weighted by molar-refractivity contribution is -0.113. The van der Waals surface area contributed by atoms with E-state index in [2.05, 4.69) is 43.8 Å². The molecular weight excluding hydrogens is 372 g/mol. The van der Waals surface area contributed by atoms with Gasteiger partial charge in [-0.1, -0.05) is 41.5 Å². The number of aldehydes is 1. The highest BCUT2D eigenvalue weighted by Crippen LogP contribution is 2.36. The Hall–Kier alpha value is -1.99. The summed E-state index contributed by atoms with van der Waals surface area (Å²) in [7, 11) is -1.74. The fraction of sp³-hybridized carbons (Fsp3) is 0.571. The molecule has 0 saturated carbocycles. The highest BCUT2D eigenvalue weighted by atomic mass is 28.4. The van der Waals surface area contributed by atoms with Crippen LogP contribution in [0.25, 0.3) is 11.0 Å². The number of nitrogens with zero attached hydrogens (tertiary/aromatic N) is 1. The van der Waals surface area contributed by atoms with Crippen molar-refractivity contribution in [3.63, 3.8) is 0 Å². The summed E-state index contributed by atoms with van der Waals surface area (Å²) in [5, 5.41) is 9.20. The number of carbonyl (C=O) groups excluding carboxylic acids is 1. The number of rotatable bonds is 5. The molecule has 2 N–H and O–H groups in total. The minimum Gasteiger partial charge on any atom is -0.478 e. The summed E-state index contributed by atoms with van der Waals surface area (Å²) in [6.45, 7) is 17.4. The van der Waals surface area contributed by atoms with Crippen LogP contribution in [0.15, 0.2) is 18.2 Å². The fourth-order valence-electron chi connectivity index (χ4n) is 1.93. The topological polar surface area (TPSA) is 92.3 Å². The van der Waals surface area contributed by atoms with E-state index in [9.17, 15) is 9.59 Å². The first-order valence-corrected chi connectivity index (χ1v) is 12.4. The highest BCUT2D eigenvalue weighted by molar-refractivity contribution is 6.74. The number of H-pyrrole nitrogens is 1. The number of carbonyl (C=O) groups is 2. The SMILES string of the molecule is CC(C)(C)C=O.CC(C)(C)[Si](C)(C)OCCc1nc2ccc(C(=O)O)cc2[nH]1. The van der Waals surface area contributed by atoms with Gasteiger partial charge in [0.1, 0.15) is 12.1 Å². The maximum atomic E-state index is 11.0. The van der Waals surface area contributed by atoms with E-state index in [1.165, 1.54) is 0 Å². The first-order chi connectivity index (χ1) is 12.7. The molecule has 0 aliphatic rings. The van der Waals surface area contributed by atoms with Crippen LogP contribution >= 0.6 is 0 Å². The number of hydrogen-bond donors (Lipinski definition) is 2. The standard InChI is InChI=1S/C16H24N2O3Si.C5H10O/c1-16(2,3)22(4,5)21-9-8-14-17-12-7-6-11(15(19)20)10-13(12)18-14;1-5(2,3)4-6/h6-7,10H,8-9H2,1-5H3,(H,17,18)(H,19,20);4H,1-3H3. The summed E-state index contributed by atoms with van der Waals surface area (Å²) in [4.78, 5) is 28.5. The minimum absolute atomic E-state index is 0.139. The van der Waals surface area contributed by atoms with E-state index in [1.807, 2.05) is 20.8 Å². The monoisotopic (exact) mass is 406 g/mol. The zero-order valence-corrected chi connectivity index (χ0v) is 19.3. The molecule has 7 heteroatoms. The van der Waals surface area contributed by atoms with E-state index in [0.29, 0.717) is 13.0 Å². The molecule has 0 aliphatic carbocycles. The number of aromatic carboxylic acids is 1. The average molecular weight is 407 g/mol. The molecular formula is C21H34N2O4Si. The van der Waals surface area contributed by atoms with E-state index in [0.717, 1.165) is 23.1 Å². The molecule has 1 aromatic carbocycles. The predicted octanol–water partition coefficient (Wildman–Crippen LogP) is 5.06. The number of carboxylic acid groups (broad SMARTS) is 1. The third kappa shape index (κ3) is 7.20. The maximum absolute atomic E-state index is 11.0. The van der Waals surface area contributed by atoms with E-state index in [1.54, 1.807) is 18.2 Å². The van der Waals surface area contributed by atoms with Gasteiger partial charge in [0.05, 0.1) is 16.6 Å². The summed E-state index contributed by atoms with van der Waals surface area (Å²) in [6.07, 6.45) is 1.64. The third-order valence-electron chi connectivity index (χ3n) is 4.74. The van der Waals surface area contributed by atoms with Crippen molar-refractivity contribution in [2.45, 2.75) is 66.1 Å². The molecule has 0 radical (unpaired) electrons. The molecule has 0 unspecified atom stereocenters. The number of carboxylic acids is 1. The number of aromatic nitrogens is 2. The van der Waals surface area contributed by atoms with Gasteiger partial charge in [-0.15, -0.1) is 0 Å². The van der Waals surface area contributed by atoms with Crippen molar-refractivity contribution in [1.82, 2.24) is 9.97 Å². The number of imidazole rings is 1. The molecule has 0 aliphatic heterocycles. The molecule has 0 fully saturated rings. The van der Waals surface area contributed by atoms with Crippen LogP contribution in [0.1, 0.15) is 57.7 Å². The molecule has 0 bridgehead atoms. The van der Waals surface area contributed by atoms with E-state index in [-0.39, 0.29) is 16.0 Å². The summed E-state index contributed by atoms with van der Waals surface area (Å²) in [5.41, 5.74) is 1.66. The van der Waals surface area contributed by atoms with Crippen molar-refractivity contribution < 1.29 is 19.1 Å². The lowest BCUT2D eigenvalue weighted by atomic mass is 10.0. The molecule has 156 valence electrons. The Morgan fingerprint density at radius 1 is 1.21 bits per heavy atom. The number of hydrogen-bond acceptors (Lipinski definition) is 4. The number of benzene rings is 1. The van der Waals surface area contributed by atoms with E-state index in [4.69, 9.17) is 9.53 Å². The smallest absolute Gasteiger partial charge is 0.335 e. The number of aromatic amines is 1. The molecule has 0 saturated heterocycles. The fourth-order valence-corrected chi connectivity index (χ4v) is 2.98. The van der Waals surface area contributed by atoms with Crippen molar-refractivity contribution in [3.05, 3.63) is 29.6 Å². The Bertz CT molecular complexity index is 814. The second-order valence-electron chi connectivity index (χ2n) is 9.56. The molecule has 2 aromatic rings. The molecule has 1 heterocycles. The Kier molecular flexibility index (Phi) is 7.73. The van der Waals surface area contributed by atoms with Gasteiger partial charge in [0.25, 0.3) is 0 Å². The predicted molar refractivity (Wildman–Crippen MR) is 115 cm³/mol. The summed E-state index contributed by atoms with van der Waals surface area (Å²) < 4.78 is 6.14. The highest BCUT2D eigenvalue weighted by Gasteiger charge is 2.36. The van der Waals surface area contributed by atoms with Crippen molar-refractivity contribution in [3.8, 4) is 0 Å². The van der Waals surface area contributed by atoms with Gasteiger partial charge in [-0.25, -0.2) is 9.78 Å². The second kappa shape index (κ2) is 9.00. The molecule has 0 spiro atoms. The zero-order chi connectivity index (χ0) is 21.8. The van der Waals surface area contributed by atoms with Crippen LogP contribution in [0.2, 0.25) is 18.1 Å². The average Bonchev–Trinajstić information content (AvgIpc) is 2.95. The lowest BCUT2D eigenvalue weighted by Crippen LogP contribution is -2.41. The Balaban J connectivity index is 0.000000568. The Morgan fingerprint density at radius 2 is 1.79 bits per heavy atom. The Morgan fingerprint density at radius 3 is 2.25 bits per heavy atom. The number of nitrogens with one attached hydrogen (secondary N) is 1. The van der Waals surface area contributed by atoms with Gasteiger partial charge >= 0.3 is 5.97 Å². The molecule has 1 aromatic heterocycles. The number of fused-ring (bicyclic) bond motifs is 1. The minimum atomic E-state index is -1.74. The lowest BCUT2D eigenvalue weighted by Gasteiger charge is -2.36. The maximum Gasteiger partial charge on any atom is 0.335 e. The molecule has 0 amide bonds. The van der Waals surface area contributed by atoms with Crippen LogP contribution in [0, 0.1) is 5.41 Å². The van der Waals surface area contributed by atoms with Crippen LogP contribution in [-0.4, -0.2) is 42.3 Å². The van der Waals surface area contributed by atoms with Crippen LogP contribution in [0.4, 0.5) is 0 Å². The summed E-state index contributed by atoms with van der Waals surface area (Å²) >= 11 is 0. The first-order valence-electron chi connectivity index (χ1n) is 9.48. The Labute approximate surface area is 168 Å². The molecule has 6 nitrogen and oxygen atoms in total. The van der Waals surface area contributed by atoms with Crippen LogP contribution < -0.4 is 0 Å². The van der Waals surface area contributed by atoms with Gasteiger partial charge in [-0.05, 0) is 36.3 Å². The summed E-state index contributed by atoms with van der Waals surface area (Å²) in [6, 6.07) is 4.91.